The van der Waals surface area contributed by atoms with E-state index in [2.05, 4.69) is 10.2 Å². The van der Waals surface area contributed by atoms with Crippen molar-refractivity contribution >= 4 is 37.2 Å². The van der Waals surface area contributed by atoms with Crippen molar-refractivity contribution in [2.24, 2.45) is 15.4 Å². The Balaban J connectivity index is 2.27. The van der Waals surface area contributed by atoms with E-state index in [1.54, 1.807) is 18.2 Å². The average Bonchev–Trinajstić information content (AvgIpc) is 2.51. The third kappa shape index (κ3) is 5.59. The first-order chi connectivity index (χ1) is 12.0. The number of anilines is 1. The van der Waals surface area contributed by atoms with Crippen LogP contribution in [0.5, 0.6) is 0 Å². The van der Waals surface area contributed by atoms with Gasteiger partial charge in [0.1, 0.15) is 5.25 Å². The molecule has 0 aliphatic rings. The van der Waals surface area contributed by atoms with Crippen LogP contribution in [0.25, 0.3) is 0 Å². The van der Waals surface area contributed by atoms with Gasteiger partial charge in [-0.05, 0) is 48.4 Å². The Labute approximate surface area is 151 Å². The number of azo groups is 1. The number of nitrogen functional groups attached to an aromatic ring is 1. The molecule has 9 nitrogen and oxygen atoms in total. The van der Waals surface area contributed by atoms with E-state index in [4.69, 9.17) is 10.9 Å². The van der Waals surface area contributed by atoms with Crippen LogP contribution >= 0.6 is 0 Å². The molecule has 0 radical (unpaired) electrons. The summed E-state index contributed by atoms with van der Waals surface area (Å²) in [6, 6.07) is 10.7. The molecule has 0 bridgehead atoms. The van der Waals surface area contributed by atoms with E-state index < -0.39 is 31.1 Å². The smallest absolute Gasteiger partial charge is 0.273 e. The normalized spacial score (nSPS) is 13.8. The van der Waals surface area contributed by atoms with Crippen molar-refractivity contribution in [3.63, 3.8) is 0 Å². The monoisotopic (exact) mass is 398 g/mol. The molecule has 5 N–H and O–H groups in total. The fraction of sp³-hybridized carbons (Fsp3) is 0.200. The predicted octanol–water partition coefficient (Wildman–Crippen LogP) is 2.21. The van der Waals surface area contributed by atoms with Gasteiger partial charge in [0.25, 0.3) is 10.1 Å². The Morgan fingerprint density at radius 1 is 1.04 bits per heavy atom. The van der Waals surface area contributed by atoms with Crippen LogP contribution in [0.3, 0.4) is 0 Å². The summed E-state index contributed by atoms with van der Waals surface area (Å²) in [6.07, 6.45) is 0. The summed E-state index contributed by atoms with van der Waals surface area (Å²) < 4.78 is 54.6. The van der Waals surface area contributed by atoms with Crippen LogP contribution in [-0.4, -0.2) is 27.1 Å². The zero-order valence-electron chi connectivity index (χ0n) is 13.8. The van der Waals surface area contributed by atoms with Crippen LogP contribution in [0.4, 0.5) is 17.1 Å². The van der Waals surface area contributed by atoms with E-state index in [1.807, 2.05) is 6.92 Å². The van der Waals surface area contributed by atoms with Crippen LogP contribution in [-0.2, 0) is 20.1 Å². The van der Waals surface area contributed by atoms with Gasteiger partial charge in [-0.2, -0.15) is 18.6 Å². The third-order valence-electron chi connectivity index (χ3n) is 3.50. The summed E-state index contributed by atoms with van der Waals surface area (Å²) in [6.45, 7) is 1.83. The van der Waals surface area contributed by atoms with E-state index in [1.165, 1.54) is 24.3 Å². The van der Waals surface area contributed by atoms with Gasteiger partial charge in [-0.15, -0.1) is 0 Å². The fourth-order valence-electron chi connectivity index (χ4n) is 2.22. The van der Waals surface area contributed by atoms with Crippen LogP contribution in [0.1, 0.15) is 16.4 Å². The molecule has 2 rings (SSSR count). The average molecular weight is 398 g/mol. The van der Waals surface area contributed by atoms with Gasteiger partial charge < -0.3 is 5.73 Å². The number of nitrogens with two attached hydrogens (primary N) is 2. The highest BCUT2D eigenvalue weighted by molar-refractivity contribution is 7.91. The quantitative estimate of drug-likeness (QED) is 0.383. The first kappa shape index (κ1) is 20.0. The SMILES string of the molecule is Cc1cc(N)ccc1N=Nc1ccc(C(CS(N)(=O)=O)S(=O)(=O)O)cc1. The van der Waals surface area contributed by atoms with E-state index in [0.29, 0.717) is 17.1 Å². The van der Waals surface area contributed by atoms with Gasteiger partial charge in [0.05, 0.1) is 17.1 Å². The van der Waals surface area contributed by atoms with Gasteiger partial charge in [0.2, 0.25) is 10.0 Å². The van der Waals surface area contributed by atoms with Crippen molar-refractivity contribution in [3.8, 4) is 0 Å². The zero-order valence-corrected chi connectivity index (χ0v) is 15.4. The molecule has 2 aromatic carbocycles. The highest BCUT2D eigenvalue weighted by Crippen LogP contribution is 2.27. The second kappa shape index (κ2) is 7.50. The number of hydrogen-bond acceptors (Lipinski definition) is 7. The molecule has 2 aromatic rings. The Morgan fingerprint density at radius 3 is 2.15 bits per heavy atom. The lowest BCUT2D eigenvalue weighted by Crippen LogP contribution is -2.26. The molecule has 0 fully saturated rings. The lowest BCUT2D eigenvalue weighted by Gasteiger charge is -2.13. The molecule has 0 aliphatic heterocycles. The Morgan fingerprint density at radius 2 is 1.65 bits per heavy atom. The maximum Gasteiger partial charge on any atom is 0.273 e. The summed E-state index contributed by atoms with van der Waals surface area (Å²) in [5, 5.41) is 11.3. The minimum atomic E-state index is -4.65. The molecule has 0 heterocycles. The molecule has 26 heavy (non-hydrogen) atoms. The number of sulfonamides is 1. The van der Waals surface area contributed by atoms with Crippen LogP contribution in [0, 0.1) is 6.92 Å². The first-order valence-corrected chi connectivity index (χ1v) is 10.5. The highest BCUT2D eigenvalue weighted by Gasteiger charge is 2.29. The summed E-state index contributed by atoms with van der Waals surface area (Å²) in [5.74, 6) is -0.933. The molecule has 0 saturated carbocycles. The van der Waals surface area contributed by atoms with Crippen molar-refractivity contribution in [1.29, 1.82) is 0 Å². The van der Waals surface area contributed by atoms with Gasteiger partial charge in [-0.25, -0.2) is 13.6 Å². The molecular formula is C15H18N4O5S2. The number of primary sulfonamides is 1. The second-order valence-electron chi connectivity index (χ2n) is 5.67. The molecule has 0 saturated heterocycles. The summed E-state index contributed by atoms with van der Waals surface area (Å²) >= 11 is 0. The predicted molar refractivity (Wildman–Crippen MR) is 98.5 cm³/mol. The zero-order chi connectivity index (χ0) is 19.5. The van der Waals surface area contributed by atoms with Gasteiger partial charge in [-0.3, -0.25) is 4.55 Å². The Hall–Kier alpha value is -2.34. The van der Waals surface area contributed by atoms with Gasteiger partial charge in [0, 0.05) is 5.69 Å². The lowest BCUT2D eigenvalue weighted by atomic mass is 10.1. The molecule has 1 unspecified atom stereocenters. The van der Waals surface area contributed by atoms with Crippen LogP contribution in [0.15, 0.2) is 52.7 Å². The fourth-order valence-corrected chi connectivity index (χ4v) is 4.60. The van der Waals surface area contributed by atoms with Crippen molar-refractivity contribution < 1.29 is 21.4 Å². The van der Waals surface area contributed by atoms with Crippen molar-refractivity contribution in [3.05, 3.63) is 53.6 Å². The third-order valence-corrected chi connectivity index (χ3v) is 5.67. The number of nitrogens with zero attached hydrogens (tertiary/aromatic N) is 2. The van der Waals surface area contributed by atoms with Gasteiger partial charge >= 0.3 is 0 Å². The molecule has 11 heteroatoms. The van der Waals surface area contributed by atoms with Crippen molar-refractivity contribution in [1.82, 2.24) is 0 Å². The van der Waals surface area contributed by atoms with Gasteiger partial charge in [0.15, 0.2) is 0 Å². The van der Waals surface area contributed by atoms with E-state index in [0.717, 1.165) is 5.56 Å². The van der Waals surface area contributed by atoms with Crippen LogP contribution < -0.4 is 10.9 Å². The number of aryl methyl sites for hydroxylation is 1. The maximum atomic E-state index is 11.5. The molecule has 0 amide bonds. The number of hydrogen-bond donors (Lipinski definition) is 3. The highest BCUT2D eigenvalue weighted by atomic mass is 32.2. The van der Waals surface area contributed by atoms with Crippen LogP contribution in [0.2, 0.25) is 0 Å². The standard InChI is InChI=1S/C15H18N4O5S2/c1-10-8-12(16)4-7-14(10)19-18-13-5-2-11(3-6-13)15(26(22,23)24)9-25(17,20)21/h2-8,15H,9,16H2,1H3,(H2,17,20,21)(H,22,23,24). The number of benzene rings is 2. The molecule has 0 aliphatic carbocycles. The van der Waals surface area contributed by atoms with Crippen molar-refractivity contribution in [2.45, 2.75) is 12.2 Å². The Bertz CT molecular complexity index is 1030. The maximum absolute atomic E-state index is 11.5. The molecule has 0 spiro atoms. The number of rotatable bonds is 6. The molecule has 140 valence electrons. The topological polar surface area (TPSA) is 165 Å². The minimum absolute atomic E-state index is 0.0733. The van der Waals surface area contributed by atoms with Crippen molar-refractivity contribution in [2.75, 3.05) is 11.5 Å². The Kier molecular flexibility index (Phi) is 5.76. The molecule has 1 atom stereocenters. The summed E-state index contributed by atoms with van der Waals surface area (Å²) in [4.78, 5) is 0. The molecular weight excluding hydrogens is 380 g/mol. The van der Waals surface area contributed by atoms with E-state index >= 15 is 0 Å². The minimum Gasteiger partial charge on any atom is -0.399 e. The van der Waals surface area contributed by atoms with Gasteiger partial charge in [-0.1, -0.05) is 12.1 Å². The largest absolute Gasteiger partial charge is 0.399 e. The second-order valence-corrected chi connectivity index (χ2v) is 8.93. The first-order valence-electron chi connectivity index (χ1n) is 7.30. The summed E-state index contributed by atoms with van der Waals surface area (Å²) in [7, 11) is -8.76. The lowest BCUT2D eigenvalue weighted by molar-refractivity contribution is 0.471. The summed E-state index contributed by atoms with van der Waals surface area (Å²) in [5.41, 5.74) is 8.22. The van der Waals surface area contributed by atoms with E-state index in [9.17, 15) is 21.4 Å². The molecule has 0 aromatic heterocycles. The van der Waals surface area contributed by atoms with E-state index in [-0.39, 0.29) is 5.56 Å².